The van der Waals surface area contributed by atoms with Crippen molar-refractivity contribution in [3.05, 3.63) is 88.5 Å². The number of nitrogens with zero attached hydrogens (tertiary/aromatic N) is 3. The first-order valence-electron chi connectivity index (χ1n) is 9.89. The highest BCUT2D eigenvalue weighted by Crippen LogP contribution is 2.32. The second kappa shape index (κ2) is 9.58. The molecule has 0 unspecified atom stereocenters. The summed E-state index contributed by atoms with van der Waals surface area (Å²) in [7, 11) is -4.46. The fraction of sp³-hybridized carbons (Fsp3) is 0.0909. The average Bonchev–Trinajstić information content (AvgIpc) is 3.31. The summed E-state index contributed by atoms with van der Waals surface area (Å²) in [6.45, 7) is -0.535. The van der Waals surface area contributed by atoms with E-state index in [1.807, 2.05) is 0 Å². The van der Waals surface area contributed by atoms with Gasteiger partial charge in [-0.15, -0.1) is 0 Å². The Labute approximate surface area is 194 Å². The maximum atomic E-state index is 13.4. The molecular weight excluding hydrogens is 464 g/mol. The van der Waals surface area contributed by atoms with Crippen LogP contribution in [0.1, 0.15) is 5.56 Å². The lowest BCUT2D eigenvalue weighted by Gasteiger charge is -2.23. The molecule has 12 heteroatoms. The summed E-state index contributed by atoms with van der Waals surface area (Å²) in [5.41, 5.74) is 2.47. The van der Waals surface area contributed by atoms with Crippen molar-refractivity contribution in [3.8, 4) is 11.5 Å². The zero-order valence-corrected chi connectivity index (χ0v) is 18.3. The maximum absolute atomic E-state index is 13.4. The molecule has 0 bridgehead atoms. The second-order valence-corrected chi connectivity index (χ2v) is 8.81. The number of rotatable bonds is 8. The number of hydrogen-bond acceptors (Lipinski definition) is 8. The van der Waals surface area contributed by atoms with Gasteiger partial charge in [-0.2, -0.15) is 5.10 Å². The molecule has 1 aliphatic heterocycles. The Balaban J connectivity index is 1.56. The molecule has 1 aliphatic rings. The lowest BCUT2D eigenvalue weighted by Crippen LogP contribution is -2.39. The molecule has 0 spiro atoms. The second-order valence-electron chi connectivity index (χ2n) is 6.98. The molecule has 0 aliphatic carbocycles. The minimum absolute atomic E-state index is 0.121. The minimum atomic E-state index is -4.46. The topological polar surface area (TPSA) is 140 Å². The number of ether oxygens (including phenoxy) is 2. The molecule has 1 heterocycles. The summed E-state index contributed by atoms with van der Waals surface area (Å²) in [4.78, 5) is 22.7. The fourth-order valence-corrected chi connectivity index (χ4v) is 4.77. The Morgan fingerprint density at radius 1 is 1.06 bits per heavy atom. The van der Waals surface area contributed by atoms with Crippen LogP contribution in [0, 0.1) is 10.1 Å². The Morgan fingerprint density at radius 2 is 1.76 bits per heavy atom. The summed E-state index contributed by atoms with van der Waals surface area (Å²) in [6.07, 6.45) is 1.36. The predicted octanol–water partition coefficient (Wildman–Crippen LogP) is 2.67. The van der Waals surface area contributed by atoms with Crippen LogP contribution in [-0.2, 0) is 14.8 Å². The van der Waals surface area contributed by atoms with Crippen molar-refractivity contribution in [2.75, 3.05) is 17.6 Å². The van der Waals surface area contributed by atoms with Gasteiger partial charge in [0.1, 0.15) is 6.54 Å². The van der Waals surface area contributed by atoms with Crippen LogP contribution in [0.2, 0.25) is 0 Å². The average molecular weight is 482 g/mol. The Hall–Kier alpha value is -4.45. The monoisotopic (exact) mass is 482 g/mol. The summed E-state index contributed by atoms with van der Waals surface area (Å²) in [6, 6.07) is 17.8. The van der Waals surface area contributed by atoms with Gasteiger partial charge in [-0.25, -0.2) is 13.8 Å². The molecule has 3 aromatic rings. The highest BCUT2D eigenvalue weighted by molar-refractivity contribution is 7.93. The number of amides is 1. The first-order chi connectivity index (χ1) is 16.4. The van der Waals surface area contributed by atoms with Gasteiger partial charge in [-0.05, 0) is 42.0 Å². The van der Waals surface area contributed by atoms with Crippen LogP contribution >= 0.6 is 0 Å². The van der Waals surface area contributed by atoms with E-state index in [1.54, 1.807) is 36.4 Å². The Bertz CT molecular complexity index is 1360. The van der Waals surface area contributed by atoms with Gasteiger partial charge in [0, 0.05) is 6.07 Å². The van der Waals surface area contributed by atoms with Gasteiger partial charge in [0.05, 0.1) is 16.8 Å². The third-order valence-corrected chi connectivity index (χ3v) is 6.58. The van der Waals surface area contributed by atoms with Crippen LogP contribution in [0.15, 0.2) is 82.8 Å². The van der Waals surface area contributed by atoms with E-state index in [4.69, 9.17) is 9.47 Å². The van der Waals surface area contributed by atoms with E-state index in [0.717, 1.165) is 16.4 Å². The molecular formula is C22H18N4O7S. The van der Waals surface area contributed by atoms with E-state index < -0.39 is 38.0 Å². The first kappa shape index (κ1) is 22.7. The largest absolute Gasteiger partial charge is 0.454 e. The van der Waals surface area contributed by atoms with Crippen molar-refractivity contribution in [1.82, 2.24) is 5.43 Å². The van der Waals surface area contributed by atoms with Crippen LogP contribution in [0.25, 0.3) is 0 Å². The molecule has 0 fully saturated rings. The van der Waals surface area contributed by atoms with Crippen molar-refractivity contribution in [1.29, 1.82) is 0 Å². The van der Waals surface area contributed by atoms with Crippen LogP contribution in [0.4, 0.5) is 11.4 Å². The number of anilines is 1. The van der Waals surface area contributed by atoms with Crippen molar-refractivity contribution in [3.63, 3.8) is 0 Å². The number of nitro groups is 1. The number of benzene rings is 3. The quantitative estimate of drug-likeness (QED) is 0.296. The molecule has 1 amide bonds. The van der Waals surface area contributed by atoms with E-state index in [9.17, 15) is 23.3 Å². The molecule has 0 radical (unpaired) electrons. The van der Waals surface area contributed by atoms with E-state index in [-0.39, 0.29) is 12.5 Å². The number of carbonyl (C=O) groups is 1. The van der Waals surface area contributed by atoms with Crippen molar-refractivity contribution in [2.45, 2.75) is 4.90 Å². The highest BCUT2D eigenvalue weighted by Gasteiger charge is 2.33. The minimum Gasteiger partial charge on any atom is -0.454 e. The van der Waals surface area contributed by atoms with Crippen LogP contribution < -0.4 is 19.2 Å². The fourth-order valence-electron chi connectivity index (χ4n) is 3.19. The molecule has 0 saturated carbocycles. The highest BCUT2D eigenvalue weighted by atomic mass is 32.2. The van der Waals surface area contributed by atoms with Crippen molar-refractivity contribution >= 4 is 33.5 Å². The zero-order valence-electron chi connectivity index (χ0n) is 17.5. The number of carbonyl (C=O) groups excluding carboxylic acids is 1. The number of hydrazone groups is 1. The standard InChI is InChI=1S/C22H18N4O7S/c27-22(24-23-13-16-10-11-19-20(12-16)33-15-32-19)14-25(17-6-2-1-3-7-17)34(30,31)21-9-5-4-8-18(21)26(28)29/h1-13H,14-15H2,(H,24,27)/b23-13-. The molecule has 0 saturated heterocycles. The number of nitrogens with one attached hydrogen (secondary N) is 1. The third kappa shape index (κ3) is 4.81. The first-order valence-corrected chi connectivity index (χ1v) is 11.3. The number of fused-ring (bicyclic) bond motifs is 1. The lowest BCUT2D eigenvalue weighted by molar-refractivity contribution is -0.387. The molecule has 1 N–H and O–H groups in total. The van der Waals surface area contributed by atoms with E-state index in [2.05, 4.69) is 10.5 Å². The normalized spacial score (nSPS) is 12.5. The molecule has 0 atom stereocenters. The van der Waals surface area contributed by atoms with Gasteiger partial charge < -0.3 is 9.47 Å². The Kier molecular flexibility index (Phi) is 6.41. The van der Waals surface area contributed by atoms with Gasteiger partial charge >= 0.3 is 0 Å². The van der Waals surface area contributed by atoms with Crippen LogP contribution in [0.5, 0.6) is 11.5 Å². The maximum Gasteiger partial charge on any atom is 0.289 e. The Morgan fingerprint density at radius 3 is 2.53 bits per heavy atom. The zero-order chi connectivity index (χ0) is 24.1. The van der Waals surface area contributed by atoms with Crippen LogP contribution in [-0.4, -0.2) is 38.8 Å². The predicted molar refractivity (Wildman–Crippen MR) is 122 cm³/mol. The molecule has 3 aromatic carbocycles. The summed E-state index contributed by atoms with van der Waals surface area (Å²) < 4.78 is 38.1. The van der Waals surface area contributed by atoms with Crippen molar-refractivity contribution < 1.29 is 27.6 Å². The number of sulfonamides is 1. The smallest absolute Gasteiger partial charge is 0.289 e. The summed E-state index contributed by atoms with van der Waals surface area (Å²) >= 11 is 0. The molecule has 11 nitrogen and oxygen atoms in total. The van der Waals surface area contributed by atoms with Crippen molar-refractivity contribution in [2.24, 2.45) is 5.10 Å². The molecule has 0 aromatic heterocycles. The number of hydrogen-bond donors (Lipinski definition) is 1. The van der Waals surface area contributed by atoms with Crippen LogP contribution in [0.3, 0.4) is 0 Å². The summed E-state index contributed by atoms with van der Waals surface area (Å²) in [5.74, 6) is 0.393. The van der Waals surface area contributed by atoms with E-state index >= 15 is 0 Å². The third-order valence-electron chi connectivity index (χ3n) is 4.76. The molecule has 174 valence electrons. The van der Waals surface area contributed by atoms with E-state index in [1.165, 1.54) is 30.5 Å². The molecule has 4 rings (SSSR count). The molecule has 34 heavy (non-hydrogen) atoms. The van der Waals surface area contributed by atoms with Gasteiger partial charge in [0.2, 0.25) is 6.79 Å². The van der Waals surface area contributed by atoms with Gasteiger partial charge in [0.25, 0.3) is 21.6 Å². The van der Waals surface area contributed by atoms with E-state index in [0.29, 0.717) is 17.1 Å². The van der Waals surface area contributed by atoms with Gasteiger partial charge in [0.15, 0.2) is 16.4 Å². The number of nitro benzene ring substituents is 1. The summed E-state index contributed by atoms with van der Waals surface area (Å²) in [5, 5.41) is 15.3. The van der Waals surface area contributed by atoms with Gasteiger partial charge in [-0.3, -0.25) is 19.2 Å². The number of para-hydroxylation sites is 2. The van der Waals surface area contributed by atoms with Gasteiger partial charge in [-0.1, -0.05) is 30.3 Å². The lowest BCUT2D eigenvalue weighted by atomic mass is 10.2. The SMILES string of the molecule is O=C(CN(c1ccccc1)S(=O)(=O)c1ccccc1[N+](=O)[O-])N/N=C\c1ccc2c(c1)OCO2.